The first-order chi connectivity index (χ1) is 11.7. The number of fused-ring (bicyclic) bond motifs is 1. The van der Waals surface area contributed by atoms with Gasteiger partial charge in [-0.05, 0) is 25.3 Å². The Morgan fingerprint density at radius 1 is 1.33 bits per heavy atom. The molecule has 1 atom stereocenters. The average molecular weight is 327 g/mol. The largest absolute Gasteiger partial charge is 0.385 e. The molecule has 1 unspecified atom stereocenters. The Kier molecular flexibility index (Phi) is 3.80. The van der Waals surface area contributed by atoms with Gasteiger partial charge in [-0.1, -0.05) is 6.07 Å². The number of carbonyl (C=O) groups excluding carboxylic acids is 1. The second kappa shape index (κ2) is 5.98. The third-order valence-corrected chi connectivity index (χ3v) is 5.26. The van der Waals surface area contributed by atoms with Crippen molar-refractivity contribution in [3.8, 4) is 0 Å². The maximum atomic E-state index is 12.8. The van der Waals surface area contributed by atoms with Crippen LogP contribution in [0.4, 0.5) is 0 Å². The standard InChI is InChI=1S/C17H21N5O2/c23-16(13-3-4-15-19-12-20-22(15)11-13)21-8-5-17(24,6-9-21)14-2-1-7-18-10-14/h1-2,7,10,12-13,24H,3-6,8-9,11H2. The molecule has 7 heteroatoms. The van der Waals surface area contributed by atoms with E-state index < -0.39 is 5.60 Å². The van der Waals surface area contributed by atoms with Crippen LogP contribution in [-0.4, -0.2) is 48.8 Å². The molecule has 0 spiro atoms. The van der Waals surface area contributed by atoms with Crippen molar-refractivity contribution in [3.05, 3.63) is 42.2 Å². The van der Waals surface area contributed by atoms with Crippen LogP contribution in [-0.2, 0) is 23.4 Å². The summed E-state index contributed by atoms with van der Waals surface area (Å²) in [5.74, 6) is 1.09. The lowest BCUT2D eigenvalue weighted by Gasteiger charge is -2.40. The summed E-state index contributed by atoms with van der Waals surface area (Å²) in [6.45, 7) is 1.76. The Morgan fingerprint density at radius 2 is 2.17 bits per heavy atom. The van der Waals surface area contributed by atoms with Crippen LogP contribution in [0.2, 0.25) is 0 Å². The molecule has 1 amide bonds. The summed E-state index contributed by atoms with van der Waals surface area (Å²) in [5.41, 5.74) is -0.0431. The van der Waals surface area contributed by atoms with Crippen LogP contribution in [0.1, 0.15) is 30.7 Å². The Bertz CT molecular complexity index is 722. The molecule has 2 aliphatic rings. The zero-order valence-corrected chi connectivity index (χ0v) is 13.5. The van der Waals surface area contributed by atoms with Gasteiger partial charge in [-0.15, -0.1) is 0 Å². The van der Waals surface area contributed by atoms with E-state index in [-0.39, 0.29) is 11.8 Å². The van der Waals surface area contributed by atoms with Crippen molar-refractivity contribution in [3.63, 3.8) is 0 Å². The second-order valence-electron chi connectivity index (χ2n) is 6.69. The Morgan fingerprint density at radius 3 is 2.92 bits per heavy atom. The monoisotopic (exact) mass is 327 g/mol. The van der Waals surface area contributed by atoms with Crippen molar-refractivity contribution in [2.45, 2.75) is 37.8 Å². The predicted molar refractivity (Wildman–Crippen MR) is 85.8 cm³/mol. The van der Waals surface area contributed by atoms with Gasteiger partial charge >= 0.3 is 0 Å². The Labute approximate surface area is 140 Å². The van der Waals surface area contributed by atoms with E-state index in [9.17, 15) is 9.90 Å². The molecule has 24 heavy (non-hydrogen) atoms. The summed E-state index contributed by atoms with van der Waals surface area (Å²) in [4.78, 5) is 23.0. The summed E-state index contributed by atoms with van der Waals surface area (Å²) in [7, 11) is 0. The van der Waals surface area contributed by atoms with Gasteiger partial charge in [-0.2, -0.15) is 5.10 Å². The van der Waals surface area contributed by atoms with Gasteiger partial charge in [-0.3, -0.25) is 9.78 Å². The third kappa shape index (κ3) is 2.69. The molecule has 1 saturated heterocycles. The van der Waals surface area contributed by atoms with Gasteiger partial charge < -0.3 is 10.0 Å². The quantitative estimate of drug-likeness (QED) is 0.880. The van der Waals surface area contributed by atoms with Crippen molar-refractivity contribution < 1.29 is 9.90 Å². The average Bonchev–Trinajstić information content (AvgIpc) is 3.10. The van der Waals surface area contributed by atoms with Gasteiger partial charge in [0, 0.05) is 37.5 Å². The van der Waals surface area contributed by atoms with E-state index in [2.05, 4.69) is 15.1 Å². The van der Waals surface area contributed by atoms with E-state index in [1.807, 2.05) is 21.7 Å². The smallest absolute Gasteiger partial charge is 0.227 e. The number of nitrogens with zero attached hydrogens (tertiary/aromatic N) is 5. The van der Waals surface area contributed by atoms with E-state index in [1.165, 1.54) is 0 Å². The van der Waals surface area contributed by atoms with Gasteiger partial charge in [-0.25, -0.2) is 9.67 Å². The van der Waals surface area contributed by atoms with E-state index >= 15 is 0 Å². The highest BCUT2D eigenvalue weighted by atomic mass is 16.3. The summed E-state index contributed by atoms with van der Waals surface area (Å²) in [5, 5.41) is 15.0. The van der Waals surface area contributed by atoms with Crippen LogP contribution < -0.4 is 0 Å². The first-order valence-corrected chi connectivity index (χ1v) is 8.44. The molecule has 0 bridgehead atoms. The molecule has 2 aromatic heterocycles. The number of aliphatic hydroxyl groups is 1. The number of hydrogen-bond donors (Lipinski definition) is 1. The zero-order chi connectivity index (χ0) is 16.6. The molecule has 4 rings (SSSR count). The van der Waals surface area contributed by atoms with E-state index in [0.717, 1.165) is 24.2 Å². The van der Waals surface area contributed by atoms with Crippen LogP contribution in [0.3, 0.4) is 0 Å². The maximum Gasteiger partial charge on any atom is 0.227 e. The van der Waals surface area contributed by atoms with Gasteiger partial charge in [0.25, 0.3) is 0 Å². The first-order valence-electron chi connectivity index (χ1n) is 8.44. The van der Waals surface area contributed by atoms with Crippen LogP contribution in [0.25, 0.3) is 0 Å². The van der Waals surface area contributed by atoms with Gasteiger partial charge in [0.15, 0.2) is 0 Å². The second-order valence-corrected chi connectivity index (χ2v) is 6.69. The van der Waals surface area contributed by atoms with Gasteiger partial charge in [0.05, 0.1) is 18.1 Å². The maximum absolute atomic E-state index is 12.8. The third-order valence-electron chi connectivity index (χ3n) is 5.26. The molecule has 4 heterocycles. The molecular formula is C17H21N5O2. The number of piperidine rings is 1. The van der Waals surface area contributed by atoms with E-state index in [4.69, 9.17) is 0 Å². The highest BCUT2D eigenvalue weighted by Gasteiger charge is 2.38. The Hall–Kier alpha value is -2.28. The number of rotatable bonds is 2. The van der Waals surface area contributed by atoms with E-state index in [1.54, 1.807) is 18.7 Å². The molecule has 0 saturated carbocycles. The molecule has 0 aliphatic carbocycles. The van der Waals surface area contributed by atoms with Crippen LogP contribution in [0, 0.1) is 5.92 Å². The summed E-state index contributed by atoms with van der Waals surface area (Å²) < 4.78 is 1.84. The molecule has 0 aromatic carbocycles. The SMILES string of the molecule is O=C(C1CCc2ncnn2C1)N1CCC(O)(c2cccnc2)CC1. The van der Waals surface area contributed by atoms with Crippen LogP contribution in [0.15, 0.2) is 30.9 Å². The molecule has 2 aliphatic heterocycles. The highest BCUT2D eigenvalue weighted by molar-refractivity contribution is 5.79. The number of pyridine rings is 1. The van der Waals surface area contributed by atoms with Crippen molar-refractivity contribution in [1.82, 2.24) is 24.6 Å². The summed E-state index contributed by atoms with van der Waals surface area (Å²) in [6.07, 6.45) is 7.68. The molecule has 1 fully saturated rings. The van der Waals surface area contributed by atoms with Crippen molar-refractivity contribution in [2.24, 2.45) is 5.92 Å². The minimum Gasteiger partial charge on any atom is -0.385 e. The lowest BCUT2D eigenvalue weighted by atomic mass is 9.84. The molecule has 2 aromatic rings. The minimum absolute atomic E-state index is 0.0382. The predicted octanol–water partition coefficient (Wildman–Crippen LogP) is 0.746. The number of aromatic nitrogens is 4. The normalized spacial score (nSPS) is 22.9. The molecule has 126 valence electrons. The summed E-state index contributed by atoms with van der Waals surface area (Å²) in [6, 6.07) is 3.74. The van der Waals surface area contributed by atoms with Gasteiger partial charge in [0.1, 0.15) is 12.2 Å². The number of likely N-dealkylation sites (tertiary alicyclic amines) is 1. The lowest BCUT2D eigenvalue weighted by molar-refractivity contribution is -0.141. The van der Waals surface area contributed by atoms with Crippen molar-refractivity contribution in [1.29, 1.82) is 0 Å². The summed E-state index contributed by atoms with van der Waals surface area (Å²) >= 11 is 0. The lowest BCUT2D eigenvalue weighted by Crippen LogP contribution is -2.48. The molecule has 7 nitrogen and oxygen atoms in total. The van der Waals surface area contributed by atoms with E-state index in [0.29, 0.717) is 32.5 Å². The number of amides is 1. The van der Waals surface area contributed by atoms with Crippen molar-refractivity contribution in [2.75, 3.05) is 13.1 Å². The number of hydrogen-bond acceptors (Lipinski definition) is 5. The fraction of sp³-hybridized carbons (Fsp3) is 0.529. The molecule has 0 radical (unpaired) electrons. The molecule has 1 N–H and O–H groups in total. The highest BCUT2D eigenvalue weighted by Crippen LogP contribution is 2.33. The topological polar surface area (TPSA) is 84.1 Å². The number of aryl methyl sites for hydroxylation is 1. The zero-order valence-electron chi connectivity index (χ0n) is 13.5. The Balaban J connectivity index is 1.40. The minimum atomic E-state index is -0.878. The van der Waals surface area contributed by atoms with Crippen LogP contribution in [0.5, 0.6) is 0 Å². The number of carbonyl (C=O) groups is 1. The van der Waals surface area contributed by atoms with Crippen LogP contribution >= 0.6 is 0 Å². The first kappa shape index (κ1) is 15.3. The van der Waals surface area contributed by atoms with Crippen molar-refractivity contribution >= 4 is 5.91 Å². The van der Waals surface area contributed by atoms with Gasteiger partial charge in [0.2, 0.25) is 5.91 Å². The fourth-order valence-corrected chi connectivity index (χ4v) is 3.72. The molecular weight excluding hydrogens is 306 g/mol. The fourth-order valence-electron chi connectivity index (χ4n) is 3.72.